The second-order valence-corrected chi connectivity index (χ2v) is 3.83. The van der Waals surface area contributed by atoms with Gasteiger partial charge in [-0.3, -0.25) is 4.79 Å². The number of fused-ring (bicyclic) bond motifs is 1. The zero-order valence-corrected chi connectivity index (χ0v) is 7.23. The Morgan fingerprint density at radius 2 is 2.23 bits per heavy atom. The van der Waals surface area contributed by atoms with Gasteiger partial charge >= 0.3 is 6.16 Å². The number of carboxylic acid groups (broad SMARTS) is 1. The van der Waals surface area contributed by atoms with Gasteiger partial charge in [0.15, 0.2) is 11.9 Å². The number of ether oxygens (including phenoxy) is 1. The molecule has 13 heavy (non-hydrogen) atoms. The highest BCUT2D eigenvalue weighted by molar-refractivity contribution is 5.87. The van der Waals surface area contributed by atoms with Crippen LogP contribution >= 0.6 is 0 Å². The molecule has 2 aliphatic rings. The molecule has 0 radical (unpaired) electrons. The van der Waals surface area contributed by atoms with Gasteiger partial charge in [-0.15, -0.1) is 0 Å². The zero-order valence-electron chi connectivity index (χ0n) is 7.23. The molecule has 0 spiro atoms. The van der Waals surface area contributed by atoms with Crippen molar-refractivity contribution in [2.75, 3.05) is 0 Å². The Hall–Kier alpha value is -1.06. The summed E-state index contributed by atoms with van der Waals surface area (Å²) in [5.74, 6) is 0.526. The van der Waals surface area contributed by atoms with Gasteiger partial charge in [-0.25, -0.2) is 4.79 Å². The quantitative estimate of drug-likeness (QED) is 0.626. The molecule has 4 heteroatoms. The fraction of sp³-hybridized carbons (Fsp3) is 0.778. The lowest BCUT2D eigenvalue weighted by molar-refractivity contribution is -0.126. The lowest BCUT2D eigenvalue weighted by atomic mass is 9.99. The Kier molecular flexibility index (Phi) is 1.98. The topological polar surface area (TPSA) is 63.6 Å². The van der Waals surface area contributed by atoms with Crippen molar-refractivity contribution in [1.29, 1.82) is 0 Å². The number of hydrogen-bond donors (Lipinski definition) is 1. The lowest BCUT2D eigenvalue weighted by Crippen LogP contribution is -2.27. The smallest absolute Gasteiger partial charge is 0.450 e. The van der Waals surface area contributed by atoms with Crippen molar-refractivity contribution in [3.05, 3.63) is 0 Å². The van der Waals surface area contributed by atoms with Crippen LogP contribution in [0.5, 0.6) is 0 Å². The summed E-state index contributed by atoms with van der Waals surface area (Å²) in [6.45, 7) is 0. The number of carbonyl (C=O) groups is 2. The normalized spacial score (nSPS) is 37.5. The van der Waals surface area contributed by atoms with Crippen LogP contribution in [0, 0.1) is 11.8 Å². The van der Waals surface area contributed by atoms with E-state index in [2.05, 4.69) is 4.74 Å². The highest BCUT2D eigenvalue weighted by Gasteiger charge is 2.46. The standard InChI is InChI=1S/C9H12O4/c10-7-4-5-2-1-3-6(5)8(7)13-9(11)12/h5-6,8H,1-4H2,(H,11,12). The maximum Gasteiger partial charge on any atom is 0.506 e. The second-order valence-electron chi connectivity index (χ2n) is 3.83. The van der Waals surface area contributed by atoms with Crippen LogP contribution in [0.15, 0.2) is 0 Å². The molecular formula is C9H12O4. The molecule has 0 aromatic carbocycles. The SMILES string of the molecule is O=C(O)OC1C(=O)CC2CCCC21. The van der Waals surface area contributed by atoms with E-state index in [1.165, 1.54) is 0 Å². The molecule has 0 aromatic heterocycles. The van der Waals surface area contributed by atoms with Crippen molar-refractivity contribution >= 4 is 11.9 Å². The van der Waals surface area contributed by atoms with Crippen molar-refractivity contribution in [2.45, 2.75) is 31.8 Å². The summed E-state index contributed by atoms with van der Waals surface area (Å²) in [6.07, 6.45) is 1.62. The molecule has 2 aliphatic carbocycles. The molecular weight excluding hydrogens is 172 g/mol. The minimum absolute atomic E-state index is 0.0305. The third-order valence-electron chi connectivity index (χ3n) is 3.12. The summed E-state index contributed by atoms with van der Waals surface area (Å²) < 4.78 is 4.60. The molecule has 2 saturated carbocycles. The van der Waals surface area contributed by atoms with E-state index < -0.39 is 12.3 Å². The Labute approximate surface area is 75.9 Å². The largest absolute Gasteiger partial charge is 0.506 e. The predicted molar refractivity (Wildman–Crippen MR) is 43.4 cm³/mol. The van der Waals surface area contributed by atoms with Gasteiger partial charge in [0.25, 0.3) is 0 Å². The van der Waals surface area contributed by atoms with Crippen molar-refractivity contribution in [1.82, 2.24) is 0 Å². The summed E-state index contributed by atoms with van der Waals surface area (Å²) in [5.41, 5.74) is 0. The Morgan fingerprint density at radius 3 is 2.92 bits per heavy atom. The van der Waals surface area contributed by atoms with Gasteiger partial charge in [-0.2, -0.15) is 0 Å². The fourth-order valence-corrected chi connectivity index (χ4v) is 2.59. The third kappa shape index (κ3) is 1.41. The number of rotatable bonds is 1. The van der Waals surface area contributed by atoms with Crippen molar-refractivity contribution < 1.29 is 19.4 Å². The predicted octanol–water partition coefficient (Wildman–Crippen LogP) is 1.44. The maximum absolute atomic E-state index is 11.3. The monoisotopic (exact) mass is 184 g/mol. The van der Waals surface area contributed by atoms with E-state index in [0.717, 1.165) is 19.3 Å². The van der Waals surface area contributed by atoms with Crippen LogP contribution in [0.2, 0.25) is 0 Å². The first-order valence-electron chi connectivity index (χ1n) is 4.61. The number of Topliss-reactive ketones (excluding diaryl/α,β-unsaturated/α-hetero) is 1. The zero-order chi connectivity index (χ0) is 9.42. The van der Waals surface area contributed by atoms with Gasteiger partial charge in [-0.05, 0) is 18.8 Å². The molecule has 3 unspecified atom stereocenters. The minimum atomic E-state index is -1.33. The van der Waals surface area contributed by atoms with Crippen LogP contribution in [0.4, 0.5) is 4.79 Å². The van der Waals surface area contributed by atoms with Gasteiger partial charge in [0.1, 0.15) is 0 Å². The Balaban J connectivity index is 2.08. The highest BCUT2D eigenvalue weighted by Crippen LogP contribution is 2.43. The number of ketones is 1. The molecule has 0 aliphatic heterocycles. The third-order valence-corrected chi connectivity index (χ3v) is 3.12. The number of hydrogen-bond acceptors (Lipinski definition) is 3. The summed E-state index contributed by atoms with van der Waals surface area (Å²) in [4.78, 5) is 21.6. The molecule has 2 fully saturated rings. The average Bonchev–Trinajstić information content (AvgIpc) is 2.55. The van der Waals surface area contributed by atoms with E-state index in [-0.39, 0.29) is 11.7 Å². The van der Waals surface area contributed by atoms with Crippen molar-refractivity contribution in [2.24, 2.45) is 11.8 Å². The second kappa shape index (κ2) is 3.01. The first kappa shape index (κ1) is 8.53. The maximum atomic E-state index is 11.3. The number of carbonyl (C=O) groups excluding carboxylic acids is 1. The molecule has 2 rings (SSSR count). The van der Waals surface area contributed by atoms with Crippen LogP contribution < -0.4 is 0 Å². The Morgan fingerprint density at radius 1 is 1.46 bits per heavy atom. The summed E-state index contributed by atoms with van der Waals surface area (Å²) >= 11 is 0. The summed E-state index contributed by atoms with van der Waals surface area (Å²) in [5, 5.41) is 8.44. The molecule has 0 saturated heterocycles. The van der Waals surface area contributed by atoms with Crippen LogP contribution in [0.3, 0.4) is 0 Å². The van der Waals surface area contributed by atoms with Gasteiger partial charge < -0.3 is 9.84 Å². The molecule has 0 amide bonds. The van der Waals surface area contributed by atoms with Crippen molar-refractivity contribution in [3.8, 4) is 0 Å². The molecule has 0 aromatic rings. The van der Waals surface area contributed by atoms with Gasteiger partial charge in [0.05, 0.1) is 0 Å². The van der Waals surface area contributed by atoms with Gasteiger partial charge in [-0.1, -0.05) is 6.42 Å². The highest BCUT2D eigenvalue weighted by atomic mass is 16.7. The van der Waals surface area contributed by atoms with E-state index in [0.29, 0.717) is 12.3 Å². The minimum Gasteiger partial charge on any atom is -0.450 e. The van der Waals surface area contributed by atoms with Crippen molar-refractivity contribution in [3.63, 3.8) is 0 Å². The first-order chi connectivity index (χ1) is 6.18. The first-order valence-corrected chi connectivity index (χ1v) is 4.61. The summed E-state index contributed by atoms with van der Waals surface area (Å²) in [7, 11) is 0. The van der Waals surface area contributed by atoms with Crippen LogP contribution in [0.1, 0.15) is 25.7 Å². The van der Waals surface area contributed by atoms with E-state index in [4.69, 9.17) is 5.11 Å². The van der Waals surface area contributed by atoms with E-state index in [1.807, 2.05) is 0 Å². The molecule has 72 valence electrons. The van der Waals surface area contributed by atoms with Crippen LogP contribution in [0.25, 0.3) is 0 Å². The van der Waals surface area contributed by atoms with E-state index in [9.17, 15) is 9.59 Å². The van der Waals surface area contributed by atoms with Crippen LogP contribution in [-0.2, 0) is 9.53 Å². The average molecular weight is 184 g/mol. The van der Waals surface area contributed by atoms with E-state index in [1.54, 1.807) is 0 Å². The molecule has 0 heterocycles. The van der Waals surface area contributed by atoms with Gasteiger partial charge in [0, 0.05) is 12.3 Å². The molecule has 4 nitrogen and oxygen atoms in total. The van der Waals surface area contributed by atoms with Crippen LogP contribution in [-0.4, -0.2) is 23.1 Å². The molecule has 0 bridgehead atoms. The fourth-order valence-electron chi connectivity index (χ4n) is 2.59. The molecule has 3 atom stereocenters. The van der Waals surface area contributed by atoms with E-state index >= 15 is 0 Å². The summed E-state index contributed by atoms with van der Waals surface area (Å²) in [6, 6.07) is 0. The Bertz CT molecular complexity index is 248. The molecule has 1 N–H and O–H groups in total. The van der Waals surface area contributed by atoms with Gasteiger partial charge in [0.2, 0.25) is 0 Å². The lowest BCUT2D eigenvalue weighted by Gasteiger charge is -2.15.